The van der Waals surface area contributed by atoms with Gasteiger partial charge in [-0.05, 0) is 37.1 Å². The van der Waals surface area contributed by atoms with Crippen molar-refractivity contribution in [2.45, 2.75) is 19.4 Å². The van der Waals surface area contributed by atoms with E-state index in [1.807, 2.05) is 37.3 Å². The Morgan fingerprint density at radius 1 is 1.26 bits per heavy atom. The first-order valence-electron chi connectivity index (χ1n) is 7.47. The molecule has 0 bridgehead atoms. The Morgan fingerprint density at radius 3 is 2.70 bits per heavy atom. The highest BCUT2D eigenvalue weighted by molar-refractivity contribution is 6.33. The van der Waals surface area contributed by atoms with Crippen LogP contribution >= 0.6 is 11.6 Å². The van der Waals surface area contributed by atoms with E-state index in [1.165, 1.54) is 12.1 Å². The summed E-state index contributed by atoms with van der Waals surface area (Å²) in [5.74, 6) is -0.777. The molecule has 1 amide bonds. The van der Waals surface area contributed by atoms with Crippen LogP contribution < -0.4 is 5.32 Å². The van der Waals surface area contributed by atoms with Crippen molar-refractivity contribution in [3.63, 3.8) is 0 Å². The maximum atomic E-state index is 12.9. The quantitative estimate of drug-likeness (QED) is 0.763. The number of hydrogen-bond donors (Lipinski definition) is 1. The molecule has 0 aliphatic heterocycles. The van der Waals surface area contributed by atoms with E-state index in [9.17, 15) is 9.18 Å². The number of halogens is 2. The summed E-state index contributed by atoms with van der Waals surface area (Å²) < 4.78 is 18.7. The molecule has 0 unspecified atom stereocenters. The lowest BCUT2D eigenvalue weighted by molar-refractivity contribution is 0.0635. The van der Waals surface area contributed by atoms with Gasteiger partial charge in [0, 0.05) is 13.2 Å². The molecule has 0 spiro atoms. The summed E-state index contributed by atoms with van der Waals surface area (Å²) in [6, 6.07) is 13.7. The topological polar surface area (TPSA) is 38.3 Å². The fourth-order valence-corrected chi connectivity index (χ4v) is 2.38. The summed E-state index contributed by atoms with van der Waals surface area (Å²) in [7, 11) is 0. The summed E-state index contributed by atoms with van der Waals surface area (Å²) in [4.78, 5) is 11.9. The molecule has 122 valence electrons. The van der Waals surface area contributed by atoms with Crippen molar-refractivity contribution in [1.29, 1.82) is 0 Å². The van der Waals surface area contributed by atoms with Crippen molar-refractivity contribution in [2.24, 2.45) is 0 Å². The van der Waals surface area contributed by atoms with Crippen molar-refractivity contribution >= 4 is 17.5 Å². The van der Waals surface area contributed by atoms with Crippen LogP contribution in [0.5, 0.6) is 0 Å². The number of carbonyl (C=O) groups excluding carboxylic acids is 1. The third-order valence-corrected chi connectivity index (χ3v) is 3.73. The number of benzene rings is 2. The fourth-order valence-electron chi connectivity index (χ4n) is 2.12. The van der Waals surface area contributed by atoms with Gasteiger partial charge in [0.15, 0.2) is 0 Å². The number of ether oxygens (including phenoxy) is 1. The normalized spacial score (nSPS) is 12.0. The Morgan fingerprint density at radius 2 is 2.00 bits per heavy atom. The third-order valence-electron chi connectivity index (χ3n) is 3.42. The highest BCUT2D eigenvalue weighted by Crippen LogP contribution is 2.17. The van der Waals surface area contributed by atoms with Crippen LogP contribution in [0.1, 0.15) is 35.4 Å². The highest BCUT2D eigenvalue weighted by Gasteiger charge is 2.10. The maximum Gasteiger partial charge on any atom is 0.252 e. The lowest BCUT2D eigenvalue weighted by Gasteiger charge is -2.13. The third kappa shape index (κ3) is 5.34. The molecule has 0 aliphatic carbocycles. The summed E-state index contributed by atoms with van der Waals surface area (Å²) in [6.45, 7) is 2.99. The molecule has 2 rings (SSSR count). The molecule has 2 aromatic rings. The van der Waals surface area contributed by atoms with Crippen molar-refractivity contribution in [1.82, 2.24) is 5.32 Å². The van der Waals surface area contributed by atoms with Gasteiger partial charge in [-0.2, -0.15) is 0 Å². The summed E-state index contributed by atoms with van der Waals surface area (Å²) >= 11 is 5.85. The van der Waals surface area contributed by atoms with Gasteiger partial charge in [0.1, 0.15) is 5.82 Å². The molecule has 1 atom stereocenters. The molecule has 2 aromatic carbocycles. The van der Waals surface area contributed by atoms with E-state index in [-0.39, 0.29) is 22.6 Å². The van der Waals surface area contributed by atoms with E-state index < -0.39 is 5.82 Å². The van der Waals surface area contributed by atoms with Gasteiger partial charge >= 0.3 is 0 Å². The zero-order valence-electron chi connectivity index (χ0n) is 12.9. The molecule has 23 heavy (non-hydrogen) atoms. The van der Waals surface area contributed by atoms with Crippen molar-refractivity contribution in [3.8, 4) is 0 Å². The van der Waals surface area contributed by atoms with Crippen LogP contribution in [0.25, 0.3) is 0 Å². The Balaban J connectivity index is 1.70. The SMILES string of the molecule is C[C@@H](OCCCNC(=O)c1ccc(F)cc1Cl)c1ccccc1. The van der Waals surface area contributed by atoms with E-state index in [0.717, 1.165) is 11.6 Å². The Labute approximate surface area is 140 Å². The predicted octanol–water partition coefficient (Wildman–Crippen LogP) is 4.38. The van der Waals surface area contributed by atoms with Gasteiger partial charge in [0.05, 0.1) is 16.7 Å². The minimum Gasteiger partial charge on any atom is -0.374 e. The van der Waals surface area contributed by atoms with Gasteiger partial charge in [-0.25, -0.2) is 4.39 Å². The smallest absolute Gasteiger partial charge is 0.252 e. The maximum absolute atomic E-state index is 12.9. The predicted molar refractivity (Wildman–Crippen MR) is 89.2 cm³/mol. The van der Waals surface area contributed by atoms with Crippen LogP contribution in [0.3, 0.4) is 0 Å². The molecule has 0 aromatic heterocycles. The number of amides is 1. The molecule has 0 fully saturated rings. The molecular weight excluding hydrogens is 317 g/mol. The number of hydrogen-bond acceptors (Lipinski definition) is 2. The molecule has 3 nitrogen and oxygen atoms in total. The summed E-state index contributed by atoms with van der Waals surface area (Å²) in [5.41, 5.74) is 1.39. The van der Waals surface area contributed by atoms with Gasteiger partial charge in [0.25, 0.3) is 5.91 Å². The second kappa shape index (κ2) is 8.65. The molecular formula is C18H19ClFNO2. The lowest BCUT2D eigenvalue weighted by atomic mass is 10.1. The zero-order valence-corrected chi connectivity index (χ0v) is 13.6. The molecule has 1 N–H and O–H groups in total. The molecule has 0 saturated carbocycles. The molecule has 5 heteroatoms. The van der Waals surface area contributed by atoms with Crippen LogP contribution in [0.15, 0.2) is 48.5 Å². The molecule has 0 radical (unpaired) electrons. The van der Waals surface area contributed by atoms with Crippen molar-refractivity contribution in [2.75, 3.05) is 13.2 Å². The second-order valence-corrected chi connectivity index (χ2v) is 5.56. The number of carbonyl (C=O) groups is 1. The minimum atomic E-state index is -0.463. The first-order valence-corrected chi connectivity index (χ1v) is 7.85. The van der Waals surface area contributed by atoms with Crippen LogP contribution in [0, 0.1) is 5.82 Å². The van der Waals surface area contributed by atoms with E-state index >= 15 is 0 Å². The largest absolute Gasteiger partial charge is 0.374 e. The van der Waals surface area contributed by atoms with Crippen LogP contribution in [0.4, 0.5) is 4.39 Å². The monoisotopic (exact) mass is 335 g/mol. The number of rotatable bonds is 7. The van der Waals surface area contributed by atoms with Gasteiger partial charge in [-0.1, -0.05) is 41.9 Å². The van der Waals surface area contributed by atoms with Crippen LogP contribution in [-0.4, -0.2) is 19.1 Å². The summed E-state index contributed by atoms with van der Waals surface area (Å²) in [5, 5.41) is 2.85. The van der Waals surface area contributed by atoms with E-state index in [4.69, 9.17) is 16.3 Å². The van der Waals surface area contributed by atoms with Crippen LogP contribution in [-0.2, 0) is 4.74 Å². The lowest BCUT2D eigenvalue weighted by Crippen LogP contribution is -2.25. The van der Waals surface area contributed by atoms with E-state index in [2.05, 4.69) is 5.32 Å². The van der Waals surface area contributed by atoms with Crippen molar-refractivity contribution < 1.29 is 13.9 Å². The summed E-state index contributed by atoms with van der Waals surface area (Å²) in [6.07, 6.45) is 0.695. The second-order valence-electron chi connectivity index (χ2n) is 5.16. The molecule has 0 aliphatic rings. The first-order chi connectivity index (χ1) is 11.1. The van der Waals surface area contributed by atoms with Crippen LogP contribution in [0.2, 0.25) is 5.02 Å². The highest BCUT2D eigenvalue weighted by atomic mass is 35.5. The standard InChI is InChI=1S/C18H19ClFNO2/c1-13(14-6-3-2-4-7-14)23-11-5-10-21-18(22)16-9-8-15(20)12-17(16)19/h2-4,6-9,12-13H,5,10-11H2,1H3,(H,21,22)/t13-/m1/s1. The van der Waals surface area contributed by atoms with Gasteiger partial charge < -0.3 is 10.1 Å². The number of nitrogens with one attached hydrogen (secondary N) is 1. The first kappa shape index (κ1) is 17.4. The Bertz CT molecular complexity index is 649. The van der Waals surface area contributed by atoms with Gasteiger partial charge in [0.2, 0.25) is 0 Å². The van der Waals surface area contributed by atoms with Crippen molar-refractivity contribution in [3.05, 3.63) is 70.5 Å². The van der Waals surface area contributed by atoms with Gasteiger partial charge in [-0.3, -0.25) is 4.79 Å². The molecule has 0 heterocycles. The average molecular weight is 336 g/mol. The average Bonchev–Trinajstić information content (AvgIpc) is 2.55. The molecule has 0 saturated heterocycles. The Hall–Kier alpha value is -1.91. The van der Waals surface area contributed by atoms with E-state index in [0.29, 0.717) is 19.6 Å². The fraction of sp³-hybridized carbons (Fsp3) is 0.278. The Kier molecular flexibility index (Phi) is 6.56. The van der Waals surface area contributed by atoms with Gasteiger partial charge in [-0.15, -0.1) is 0 Å². The van der Waals surface area contributed by atoms with E-state index in [1.54, 1.807) is 0 Å². The zero-order chi connectivity index (χ0) is 16.7. The minimum absolute atomic E-state index is 0.0124.